The molecule has 5 rings (SSSR count). The van der Waals surface area contributed by atoms with Gasteiger partial charge in [0.25, 0.3) is 11.7 Å². The van der Waals surface area contributed by atoms with E-state index in [1.54, 1.807) is 54.9 Å². The number of carbonyl (C=O) groups is 2. The molecule has 0 saturated carbocycles. The minimum absolute atomic E-state index is 0.0164. The SMILES string of the molecule is Cc1cc(/C(O)=C2/C(=O)C(=O)N(CCc3ccc(F)cc3)C2c2ccncc2)ccc1OCc1ccccc1. The highest BCUT2D eigenvalue weighted by Gasteiger charge is 2.45. The number of aliphatic hydroxyl groups is 1. The van der Waals surface area contributed by atoms with Crippen LogP contribution in [0.3, 0.4) is 0 Å². The van der Waals surface area contributed by atoms with Crippen molar-refractivity contribution in [2.45, 2.75) is 26.0 Å². The monoisotopic (exact) mass is 522 g/mol. The van der Waals surface area contributed by atoms with Crippen LogP contribution in [0.25, 0.3) is 5.76 Å². The molecule has 0 radical (unpaired) electrons. The standard InChI is InChI=1S/C32H27FN2O4/c1-21-19-25(9-12-27(21)39-20-23-5-3-2-4-6-23)30(36)28-29(24-13-16-34-17-14-24)35(32(38)31(28)37)18-15-22-7-10-26(33)11-8-22/h2-14,16-17,19,29,36H,15,18,20H2,1H3/b30-28-. The van der Waals surface area contributed by atoms with Gasteiger partial charge in [-0.2, -0.15) is 0 Å². The largest absolute Gasteiger partial charge is 0.507 e. The second kappa shape index (κ2) is 11.3. The van der Waals surface area contributed by atoms with E-state index in [0.29, 0.717) is 29.9 Å². The lowest BCUT2D eigenvalue weighted by Gasteiger charge is -2.25. The van der Waals surface area contributed by atoms with Gasteiger partial charge in [-0.15, -0.1) is 0 Å². The Bertz CT molecular complexity index is 1520. The summed E-state index contributed by atoms with van der Waals surface area (Å²) in [7, 11) is 0. The predicted octanol–water partition coefficient (Wildman–Crippen LogP) is 5.77. The van der Waals surface area contributed by atoms with Crippen molar-refractivity contribution in [3.05, 3.63) is 137 Å². The topological polar surface area (TPSA) is 79.7 Å². The maximum Gasteiger partial charge on any atom is 0.295 e. The lowest BCUT2D eigenvalue weighted by Crippen LogP contribution is -2.31. The van der Waals surface area contributed by atoms with Crippen molar-refractivity contribution >= 4 is 17.4 Å². The van der Waals surface area contributed by atoms with Crippen molar-refractivity contribution in [1.29, 1.82) is 0 Å². The Hall–Kier alpha value is -4.78. The third-order valence-corrected chi connectivity index (χ3v) is 6.80. The quantitative estimate of drug-likeness (QED) is 0.181. The van der Waals surface area contributed by atoms with Crippen LogP contribution in [0.4, 0.5) is 4.39 Å². The van der Waals surface area contributed by atoms with E-state index in [1.807, 2.05) is 37.3 Å². The van der Waals surface area contributed by atoms with Gasteiger partial charge in [0.05, 0.1) is 11.6 Å². The number of amides is 1. The highest BCUT2D eigenvalue weighted by Crippen LogP contribution is 2.39. The maximum absolute atomic E-state index is 13.3. The summed E-state index contributed by atoms with van der Waals surface area (Å²) in [6.45, 7) is 2.47. The summed E-state index contributed by atoms with van der Waals surface area (Å²) >= 11 is 0. The summed E-state index contributed by atoms with van der Waals surface area (Å²) in [5.74, 6) is -1.39. The summed E-state index contributed by atoms with van der Waals surface area (Å²) in [5.41, 5.74) is 3.72. The molecule has 1 saturated heterocycles. The summed E-state index contributed by atoms with van der Waals surface area (Å²) in [4.78, 5) is 32.0. The van der Waals surface area contributed by atoms with Crippen LogP contribution >= 0.6 is 0 Å². The molecule has 0 aliphatic carbocycles. The molecule has 4 aromatic rings. The van der Waals surface area contributed by atoms with Crippen LogP contribution in [-0.2, 0) is 22.6 Å². The third-order valence-electron chi connectivity index (χ3n) is 6.80. The lowest BCUT2D eigenvalue weighted by atomic mass is 9.95. The normalized spacial score (nSPS) is 16.5. The molecule has 1 aliphatic heterocycles. The number of aromatic nitrogens is 1. The first-order valence-electron chi connectivity index (χ1n) is 12.6. The average molecular weight is 523 g/mol. The van der Waals surface area contributed by atoms with E-state index in [1.165, 1.54) is 17.0 Å². The predicted molar refractivity (Wildman–Crippen MR) is 145 cm³/mol. The fraction of sp³-hybridized carbons (Fsp3) is 0.156. The van der Waals surface area contributed by atoms with Gasteiger partial charge in [0.1, 0.15) is 23.9 Å². The van der Waals surface area contributed by atoms with Crippen LogP contribution in [0.1, 0.15) is 33.9 Å². The van der Waals surface area contributed by atoms with Crippen LogP contribution in [0.5, 0.6) is 5.75 Å². The fourth-order valence-electron chi connectivity index (χ4n) is 4.75. The van der Waals surface area contributed by atoms with Gasteiger partial charge in [-0.1, -0.05) is 42.5 Å². The Morgan fingerprint density at radius 1 is 0.949 bits per heavy atom. The second-order valence-corrected chi connectivity index (χ2v) is 9.40. The number of aryl methyl sites for hydroxylation is 1. The third kappa shape index (κ3) is 5.57. The van der Waals surface area contributed by atoms with Crippen molar-refractivity contribution in [3.63, 3.8) is 0 Å². The van der Waals surface area contributed by atoms with Crippen molar-refractivity contribution < 1.29 is 23.8 Å². The van der Waals surface area contributed by atoms with E-state index in [2.05, 4.69) is 4.98 Å². The van der Waals surface area contributed by atoms with E-state index in [0.717, 1.165) is 16.7 Å². The number of nitrogens with zero attached hydrogens (tertiary/aromatic N) is 2. The summed E-state index contributed by atoms with van der Waals surface area (Å²) in [5, 5.41) is 11.4. The molecule has 1 atom stereocenters. The van der Waals surface area contributed by atoms with E-state index < -0.39 is 17.7 Å². The van der Waals surface area contributed by atoms with Gasteiger partial charge in [-0.05, 0) is 78.1 Å². The van der Waals surface area contributed by atoms with Crippen molar-refractivity contribution in [2.75, 3.05) is 6.54 Å². The molecular weight excluding hydrogens is 495 g/mol. The number of carbonyl (C=O) groups excluding carboxylic acids is 2. The molecule has 196 valence electrons. The molecule has 1 unspecified atom stereocenters. The summed E-state index contributed by atoms with van der Waals surface area (Å²) in [6, 6.07) is 23.6. The molecule has 39 heavy (non-hydrogen) atoms. The molecule has 1 amide bonds. The molecular formula is C32H27FN2O4. The van der Waals surface area contributed by atoms with Crippen LogP contribution < -0.4 is 4.74 Å². The molecule has 0 spiro atoms. The number of Topliss-reactive ketones (excluding diaryl/α,β-unsaturated/α-hetero) is 1. The molecule has 1 aliphatic rings. The van der Waals surface area contributed by atoms with Crippen LogP contribution in [-0.4, -0.2) is 33.2 Å². The summed E-state index contributed by atoms with van der Waals surface area (Å²) in [6.07, 6.45) is 3.58. The zero-order chi connectivity index (χ0) is 27.4. The molecule has 1 N–H and O–H groups in total. The van der Waals surface area contributed by atoms with Crippen LogP contribution in [0, 0.1) is 12.7 Å². The summed E-state index contributed by atoms with van der Waals surface area (Å²) < 4.78 is 19.3. The lowest BCUT2D eigenvalue weighted by molar-refractivity contribution is -0.139. The Morgan fingerprint density at radius 3 is 2.36 bits per heavy atom. The van der Waals surface area contributed by atoms with Crippen LogP contribution in [0.15, 0.2) is 103 Å². The first-order chi connectivity index (χ1) is 18.9. The van der Waals surface area contributed by atoms with Crippen LogP contribution in [0.2, 0.25) is 0 Å². The number of likely N-dealkylation sites (tertiary alicyclic amines) is 1. The van der Waals surface area contributed by atoms with Crippen molar-refractivity contribution in [2.24, 2.45) is 0 Å². The van der Waals surface area contributed by atoms with Gasteiger partial charge < -0.3 is 14.7 Å². The second-order valence-electron chi connectivity index (χ2n) is 9.40. The van der Waals surface area contributed by atoms with E-state index in [9.17, 15) is 19.1 Å². The van der Waals surface area contributed by atoms with Gasteiger partial charge in [-0.3, -0.25) is 14.6 Å². The first-order valence-corrected chi connectivity index (χ1v) is 12.6. The van der Waals surface area contributed by atoms with Gasteiger partial charge >= 0.3 is 0 Å². The molecule has 2 heterocycles. The molecule has 7 heteroatoms. The Morgan fingerprint density at radius 2 is 1.67 bits per heavy atom. The van der Waals surface area contributed by atoms with Crippen molar-refractivity contribution in [1.82, 2.24) is 9.88 Å². The minimum atomic E-state index is -0.789. The Kier molecular flexibility index (Phi) is 7.50. The number of hydrogen-bond donors (Lipinski definition) is 1. The van der Waals surface area contributed by atoms with Gasteiger partial charge in [0.2, 0.25) is 0 Å². The van der Waals surface area contributed by atoms with Gasteiger partial charge in [0, 0.05) is 24.5 Å². The first kappa shape index (κ1) is 25.9. The smallest absolute Gasteiger partial charge is 0.295 e. The number of ether oxygens (including phenoxy) is 1. The number of hydrogen-bond acceptors (Lipinski definition) is 5. The molecule has 0 bridgehead atoms. The Balaban J connectivity index is 1.46. The molecule has 1 fully saturated rings. The van der Waals surface area contributed by atoms with Gasteiger partial charge in [0.15, 0.2) is 0 Å². The van der Waals surface area contributed by atoms with E-state index in [4.69, 9.17) is 4.74 Å². The van der Waals surface area contributed by atoms with E-state index in [-0.39, 0.29) is 23.7 Å². The van der Waals surface area contributed by atoms with Gasteiger partial charge in [-0.25, -0.2) is 4.39 Å². The fourth-order valence-corrected chi connectivity index (χ4v) is 4.75. The average Bonchev–Trinajstić information content (AvgIpc) is 3.22. The van der Waals surface area contributed by atoms with E-state index >= 15 is 0 Å². The molecule has 3 aromatic carbocycles. The number of halogens is 1. The Labute approximate surface area is 226 Å². The molecule has 6 nitrogen and oxygen atoms in total. The highest BCUT2D eigenvalue weighted by molar-refractivity contribution is 6.46. The number of rotatable bonds is 8. The minimum Gasteiger partial charge on any atom is -0.507 e. The zero-order valence-electron chi connectivity index (χ0n) is 21.4. The number of pyridine rings is 1. The zero-order valence-corrected chi connectivity index (χ0v) is 21.4. The maximum atomic E-state index is 13.3. The van der Waals surface area contributed by atoms with Crippen molar-refractivity contribution in [3.8, 4) is 5.75 Å². The number of benzene rings is 3. The molecule has 1 aromatic heterocycles. The highest BCUT2D eigenvalue weighted by atomic mass is 19.1. The number of ketones is 1. The number of aliphatic hydroxyl groups excluding tert-OH is 1.